The molecule has 0 aliphatic heterocycles. The molecule has 1 fully saturated rings. The van der Waals surface area contributed by atoms with Crippen LogP contribution in [0.5, 0.6) is 0 Å². The van der Waals surface area contributed by atoms with Crippen molar-refractivity contribution in [3.8, 4) is 0 Å². The number of aromatic nitrogens is 1. The Morgan fingerprint density at radius 3 is 2.57 bits per heavy atom. The molecule has 0 aromatic carbocycles. The number of hydrogen-bond acceptors (Lipinski definition) is 2. The van der Waals surface area contributed by atoms with Gasteiger partial charge in [0.2, 0.25) is 0 Å². The SMILES string of the molecule is CCCNC(c1ncccc1CC)C1CCC(CC)CC1. The molecule has 2 heteroatoms. The molecule has 2 nitrogen and oxygen atoms in total. The minimum Gasteiger partial charge on any atom is -0.308 e. The van der Waals surface area contributed by atoms with Crippen molar-refractivity contribution in [1.29, 1.82) is 0 Å². The molecule has 1 aliphatic carbocycles. The van der Waals surface area contributed by atoms with Crippen molar-refractivity contribution < 1.29 is 0 Å². The quantitative estimate of drug-likeness (QED) is 0.772. The van der Waals surface area contributed by atoms with Gasteiger partial charge < -0.3 is 5.32 Å². The lowest BCUT2D eigenvalue weighted by Gasteiger charge is -2.34. The van der Waals surface area contributed by atoms with Crippen LogP contribution in [0.2, 0.25) is 0 Å². The smallest absolute Gasteiger partial charge is 0.0607 e. The Labute approximate surface area is 130 Å². The summed E-state index contributed by atoms with van der Waals surface area (Å²) in [5.74, 6) is 1.72. The number of rotatable bonds is 7. The van der Waals surface area contributed by atoms with E-state index in [2.05, 4.69) is 38.2 Å². The second-order valence-electron chi connectivity index (χ2n) is 6.52. The lowest BCUT2D eigenvalue weighted by atomic mass is 9.76. The van der Waals surface area contributed by atoms with Crippen LogP contribution in [-0.2, 0) is 6.42 Å². The predicted molar refractivity (Wildman–Crippen MR) is 90.4 cm³/mol. The monoisotopic (exact) mass is 288 g/mol. The molecule has 1 saturated carbocycles. The average Bonchev–Trinajstić information content (AvgIpc) is 2.56. The lowest BCUT2D eigenvalue weighted by Crippen LogP contribution is -2.33. The molecule has 118 valence electrons. The van der Waals surface area contributed by atoms with Gasteiger partial charge in [0.25, 0.3) is 0 Å². The zero-order valence-corrected chi connectivity index (χ0v) is 14.1. The second kappa shape index (κ2) is 8.53. The molecular weight excluding hydrogens is 256 g/mol. The summed E-state index contributed by atoms with van der Waals surface area (Å²) in [6.45, 7) is 7.92. The topological polar surface area (TPSA) is 24.9 Å². The summed E-state index contributed by atoms with van der Waals surface area (Å²) in [6, 6.07) is 4.78. The van der Waals surface area contributed by atoms with Gasteiger partial charge in [-0.3, -0.25) is 4.98 Å². The first-order valence-corrected chi connectivity index (χ1v) is 8.97. The van der Waals surface area contributed by atoms with Crippen LogP contribution in [0.15, 0.2) is 18.3 Å². The number of pyridine rings is 1. The van der Waals surface area contributed by atoms with Gasteiger partial charge in [0, 0.05) is 6.20 Å². The van der Waals surface area contributed by atoms with Crippen molar-refractivity contribution in [2.24, 2.45) is 11.8 Å². The van der Waals surface area contributed by atoms with Crippen LogP contribution in [0.25, 0.3) is 0 Å². The van der Waals surface area contributed by atoms with Crippen molar-refractivity contribution in [2.75, 3.05) is 6.54 Å². The number of hydrogen-bond donors (Lipinski definition) is 1. The molecule has 1 heterocycles. The maximum absolute atomic E-state index is 4.75. The highest BCUT2D eigenvalue weighted by molar-refractivity contribution is 5.23. The molecule has 1 aromatic rings. The summed E-state index contributed by atoms with van der Waals surface area (Å²) in [5, 5.41) is 3.80. The van der Waals surface area contributed by atoms with Crippen molar-refractivity contribution in [1.82, 2.24) is 10.3 Å². The Morgan fingerprint density at radius 1 is 1.19 bits per heavy atom. The van der Waals surface area contributed by atoms with Crippen molar-refractivity contribution >= 4 is 0 Å². The van der Waals surface area contributed by atoms with E-state index in [1.807, 2.05) is 6.20 Å². The van der Waals surface area contributed by atoms with Crippen LogP contribution in [0, 0.1) is 11.8 Å². The molecule has 1 atom stereocenters. The Balaban J connectivity index is 2.14. The molecule has 2 rings (SSSR count). The van der Waals surface area contributed by atoms with E-state index in [9.17, 15) is 0 Å². The zero-order valence-electron chi connectivity index (χ0n) is 14.1. The van der Waals surface area contributed by atoms with Gasteiger partial charge in [-0.1, -0.05) is 46.1 Å². The number of aryl methyl sites for hydroxylation is 1. The Morgan fingerprint density at radius 2 is 1.95 bits per heavy atom. The van der Waals surface area contributed by atoms with Crippen LogP contribution in [0.1, 0.15) is 76.6 Å². The van der Waals surface area contributed by atoms with Crippen LogP contribution in [0.3, 0.4) is 0 Å². The average molecular weight is 288 g/mol. The minimum absolute atomic E-state index is 0.457. The first-order chi connectivity index (χ1) is 10.3. The zero-order chi connectivity index (χ0) is 15.1. The molecule has 1 aliphatic rings. The molecule has 0 radical (unpaired) electrons. The summed E-state index contributed by atoms with van der Waals surface area (Å²) >= 11 is 0. The maximum atomic E-state index is 4.75. The summed E-state index contributed by atoms with van der Waals surface area (Å²) in [6.07, 6.45) is 11.1. The number of nitrogens with zero attached hydrogens (tertiary/aromatic N) is 1. The second-order valence-corrected chi connectivity index (χ2v) is 6.52. The highest BCUT2D eigenvalue weighted by Gasteiger charge is 2.29. The third-order valence-electron chi connectivity index (χ3n) is 5.16. The van der Waals surface area contributed by atoms with Gasteiger partial charge in [-0.2, -0.15) is 0 Å². The fraction of sp³-hybridized carbons (Fsp3) is 0.737. The first-order valence-electron chi connectivity index (χ1n) is 8.97. The van der Waals surface area contributed by atoms with Crippen molar-refractivity contribution in [3.63, 3.8) is 0 Å². The fourth-order valence-corrected chi connectivity index (χ4v) is 3.75. The molecule has 21 heavy (non-hydrogen) atoms. The molecule has 0 saturated heterocycles. The van der Waals surface area contributed by atoms with Gasteiger partial charge in [0.15, 0.2) is 0 Å². The maximum Gasteiger partial charge on any atom is 0.0607 e. The van der Waals surface area contributed by atoms with E-state index in [4.69, 9.17) is 4.98 Å². The van der Waals surface area contributed by atoms with Crippen LogP contribution in [-0.4, -0.2) is 11.5 Å². The summed E-state index contributed by atoms with van der Waals surface area (Å²) in [5.41, 5.74) is 2.73. The summed E-state index contributed by atoms with van der Waals surface area (Å²) in [4.78, 5) is 4.75. The molecule has 0 spiro atoms. The van der Waals surface area contributed by atoms with Gasteiger partial charge in [0.1, 0.15) is 0 Å². The normalized spacial score (nSPS) is 24.0. The largest absolute Gasteiger partial charge is 0.308 e. The third kappa shape index (κ3) is 4.29. The molecular formula is C19H32N2. The van der Waals surface area contributed by atoms with E-state index in [-0.39, 0.29) is 0 Å². The van der Waals surface area contributed by atoms with Crippen LogP contribution in [0.4, 0.5) is 0 Å². The fourth-order valence-electron chi connectivity index (χ4n) is 3.75. The van der Waals surface area contributed by atoms with E-state index in [1.54, 1.807) is 0 Å². The molecule has 0 bridgehead atoms. The molecule has 0 amide bonds. The highest BCUT2D eigenvalue weighted by Crippen LogP contribution is 2.38. The van der Waals surface area contributed by atoms with E-state index < -0.39 is 0 Å². The third-order valence-corrected chi connectivity index (χ3v) is 5.16. The first kappa shape index (κ1) is 16.5. The van der Waals surface area contributed by atoms with Crippen LogP contribution >= 0.6 is 0 Å². The molecule has 1 unspecified atom stereocenters. The van der Waals surface area contributed by atoms with E-state index >= 15 is 0 Å². The van der Waals surface area contributed by atoms with Gasteiger partial charge in [-0.15, -0.1) is 0 Å². The molecule has 1 N–H and O–H groups in total. The number of nitrogens with one attached hydrogen (secondary N) is 1. The van der Waals surface area contributed by atoms with Gasteiger partial charge in [-0.25, -0.2) is 0 Å². The Bertz CT molecular complexity index is 408. The van der Waals surface area contributed by atoms with Crippen molar-refractivity contribution in [3.05, 3.63) is 29.6 Å². The van der Waals surface area contributed by atoms with Crippen molar-refractivity contribution in [2.45, 2.75) is 71.8 Å². The molecule has 1 aromatic heterocycles. The Kier molecular flexibility index (Phi) is 6.69. The van der Waals surface area contributed by atoms with Gasteiger partial charge >= 0.3 is 0 Å². The minimum atomic E-state index is 0.457. The lowest BCUT2D eigenvalue weighted by molar-refractivity contribution is 0.216. The van der Waals surface area contributed by atoms with Gasteiger partial charge in [-0.05, 0) is 55.7 Å². The standard InChI is InChI=1S/C19H32N2/c1-4-13-20-19(17-11-9-15(5-2)10-12-17)18-16(6-3)8-7-14-21-18/h7-8,14-15,17,19-20H,4-6,9-13H2,1-3H3. The summed E-state index contributed by atoms with van der Waals surface area (Å²) in [7, 11) is 0. The Hall–Kier alpha value is -0.890. The predicted octanol–water partition coefficient (Wildman–Crippen LogP) is 4.90. The van der Waals surface area contributed by atoms with E-state index in [0.717, 1.165) is 24.8 Å². The van der Waals surface area contributed by atoms with E-state index in [0.29, 0.717) is 6.04 Å². The van der Waals surface area contributed by atoms with Crippen LogP contribution < -0.4 is 5.32 Å². The van der Waals surface area contributed by atoms with E-state index in [1.165, 1.54) is 49.8 Å². The van der Waals surface area contributed by atoms with Gasteiger partial charge in [0.05, 0.1) is 11.7 Å². The summed E-state index contributed by atoms with van der Waals surface area (Å²) < 4.78 is 0. The highest BCUT2D eigenvalue weighted by atomic mass is 14.9.